The number of benzene rings is 1. The van der Waals surface area contributed by atoms with E-state index in [4.69, 9.17) is 17.4 Å². The third-order valence-electron chi connectivity index (χ3n) is 2.25. The van der Waals surface area contributed by atoms with E-state index in [1.54, 1.807) is 13.0 Å². The molecule has 1 heterocycles. The Balaban J connectivity index is 2.39. The number of anilines is 3. The molecule has 5 nitrogen and oxygen atoms in total. The van der Waals surface area contributed by atoms with E-state index in [-0.39, 0.29) is 5.02 Å². The molecule has 0 atom stereocenters. The van der Waals surface area contributed by atoms with Gasteiger partial charge in [-0.3, -0.25) is 0 Å². The molecule has 8 heteroatoms. The maximum absolute atomic E-state index is 13.1. The monoisotopic (exact) mass is 345 g/mol. The molecule has 0 aliphatic carbocycles. The van der Waals surface area contributed by atoms with Gasteiger partial charge in [0.2, 0.25) is 0 Å². The van der Waals surface area contributed by atoms with E-state index in [2.05, 4.69) is 36.6 Å². The van der Waals surface area contributed by atoms with Crippen molar-refractivity contribution in [3.05, 3.63) is 39.3 Å². The summed E-state index contributed by atoms with van der Waals surface area (Å²) < 4.78 is 13.6. The molecule has 19 heavy (non-hydrogen) atoms. The Morgan fingerprint density at radius 1 is 1.26 bits per heavy atom. The maximum atomic E-state index is 13.1. The number of hydrogen-bond acceptors (Lipinski definition) is 5. The molecule has 1 aromatic heterocycles. The zero-order valence-electron chi connectivity index (χ0n) is 9.84. The molecular weight excluding hydrogens is 337 g/mol. The van der Waals surface area contributed by atoms with Crippen molar-refractivity contribution >= 4 is 44.9 Å². The van der Waals surface area contributed by atoms with Crippen LogP contribution < -0.4 is 16.6 Å². The number of rotatable bonds is 3. The lowest BCUT2D eigenvalue weighted by Gasteiger charge is -2.11. The van der Waals surface area contributed by atoms with Crippen LogP contribution in [0.1, 0.15) is 5.82 Å². The van der Waals surface area contributed by atoms with Crippen LogP contribution in [0, 0.1) is 12.7 Å². The first-order chi connectivity index (χ1) is 8.99. The summed E-state index contributed by atoms with van der Waals surface area (Å²) in [7, 11) is 0. The van der Waals surface area contributed by atoms with E-state index < -0.39 is 5.82 Å². The van der Waals surface area contributed by atoms with Gasteiger partial charge in [0.1, 0.15) is 23.3 Å². The quantitative estimate of drug-likeness (QED) is 0.587. The molecule has 0 saturated carbocycles. The number of aryl methyl sites for hydroxylation is 1. The van der Waals surface area contributed by atoms with Crippen LogP contribution in [0.5, 0.6) is 0 Å². The maximum Gasteiger partial charge on any atom is 0.145 e. The van der Waals surface area contributed by atoms with Crippen molar-refractivity contribution in [3.63, 3.8) is 0 Å². The van der Waals surface area contributed by atoms with E-state index in [0.29, 0.717) is 27.6 Å². The molecule has 2 rings (SSSR count). The third-order valence-corrected chi connectivity index (χ3v) is 3.17. The van der Waals surface area contributed by atoms with Gasteiger partial charge in [-0.25, -0.2) is 20.2 Å². The van der Waals surface area contributed by atoms with Crippen LogP contribution in [-0.2, 0) is 0 Å². The van der Waals surface area contributed by atoms with Crippen molar-refractivity contribution in [1.29, 1.82) is 0 Å². The molecule has 0 amide bonds. The highest BCUT2D eigenvalue weighted by atomic mass is 79.9. The lowest BCUT2D eigenvalue weighted by atomic mass is 10.3. The first-order valence-corrected chi connectivity index (χ1v) is 6.40. The second-order valence-corrected chi connectivity index (χ2v) is 4.96. The second-order valence-electron chi connectivity index (χ2n) is 3.70. The standard InChI is InChI=1S/C11H10BrClFN5/c1-5-16-9(4-10(17-5)19-15)18-11-7(12)2-6(14)3-8(11)13/h2-4H,15H2,1H3,(H2,16,17,18,19). The summed E-state index contributed by atoms with van der Waals surface area (Å²) in [6.45, 7) is 1.73. The van der Waals surface area contributed by atoms with Gasteiger partial charge < -0.3 is 10.7 Å². The lowest BCUT2D eigenvalue weighted by Crippen LogP contribution is -2.10. The molecule has 0 aliphatic rings. The largest absolute Gasteiger partial charge is 0.338 e. The molecule has 1 aromatic carbocycles. The average molecular weight is 347 g/mol. The summed E-state index contributed by atoms with van der Waals surface area (Å²) in [5.41, 5.74) is 2.95. The van der Waals surface area contributed by atoms with Crippen LogP contribution in [0.2, 0.25) is 5.02 Å². The van der Waals surface area contributed by atoms with Crippen LogP contribution in [-0.4, -0.2) is 9.97 Å². The Kier molecular flexibility index (Phi) is 4.18. The van der Waals surface area contributed by atoms with Crippen molar-refractivity contribution in [2.45, 2.75) is 6.92 Å². The summed E-state index contributed by atoms with van der Waals surface area (Å²) in [6.07, 6.45) is 0. The minimum Gasteiger partial charge on any atom is -0.338 e. The van der Waals surface area contributed by atoms with Gasteiger partial charge in [-0.05, 0) is 35.0 Å². The Bertz CT molecular complexity index is 599. The van der Waals surface area contributed by atoms with Gasteiger partial charge in [-0.2, -0.15) is 0 Å². The normalized spacial score (nSPS) is 10.4. The molecule has 0 unspecified atom stereocenters. The SMILES string of the molecule is Cc1nc(NN)cc(Nc2c(Cl)cc(F)cc2Br)n1. The van der Waals surface area contributed by atoms with Crippen molar-refractivity contribution in [3.8, 4) is 0 Å². The smallest absolute Gasteiger partial charge is 0.145 e. The van der Waals surface area contributed by atoms with Crippen LogP contribution in [0.15, 0.2) is 22.7 Å². The Morgan fingerprint density at radius 3 is 2.58 bits per heavy atom. The molecular formula is C11H10BrClFN5. The molecule has 0 spiro atoms. The fourth-order valence-corrected chi connectivity index (χ4v) is 2.39. The predicted molar refractivity (Wildman–Crippen MR) is 77.0 cm³/mol. The van der Waals surface area contributed by atoms with Gasteiger partial charge in [0.25, 0.3) is 0 Å². The Labute approximate surface area is 122 Å². The van der Waals surface area contributed by atoms with Crippen LogP contribution >= 0.6 is 27.5 Å². The van der Waals surface area contributed by atoms with Gasteiger partial charge >= 0.3 is 0 Å². The number of nitrogens with one attached hydrogen (secondary N) is 2. The van der Waals surface area contributed by atoms with Gasteiger partial charge in [0, 0.05) is 10.5 Å². The Hall–Kier alpha value is -1.44. The fraction of sp³-hybridized carbons (Fsp3) is 0.0909. The molecule has 0 fully saturated rings. The first-order valence-electron chi connectivity index (χ1n) is 5.23. The summed E-state index contributed by atoms with van der Waals surface area (Å²) in [5, 5.41) is 3.23. The third kappa shape index (κ3) is 3.31. The molecule has 0 bridgehead atoms. The molecule has 0 aliphatic heterocycles. The highest BCUT2D eigenvalue weighted by Gasteiger charge is 2.10. The number of halogens is 3. The minimum absolute atomic E-state index is 0.241. The van der Waals surface area contributed by atoms with Gasteiger partial charge in [-0.15, -0.1) is 0 Å². The van der Waals surface area contributed by atoms with Crippen LogP contribution in [0.4, 0.5) is 21.7 Å². The number of nitrogen functional groups attached to an aromatic ring is 1. The molecule has 2 aromatic rings. The number of nitrogens with two attached hydrogens (primary N) is 1. The van der Waals surface area contributed by atoms with E-state index in [9.17, 15) is 4.39 Å². The lowest BCUT2D eigenvalue weighted by molar-refractivity contribution is 0.627. The number of hydrazine groups is 1. The second kappa shape index (κ2) is 5.68. The number of hydrogen-bond donors (Lipinski definition) is 3. The van der Waals surface area contributed by atoms with E-state index >= 15 is 0 Å². The summed E-state index contributed by atoms with van der Waals surface area (Å²) in [6, 6.07) is 4.13. The molecule has 0 radical (unpaired) electrons. The number of aromatic nitrogens is 2. The van der Waals surface area contributed by atoms with Gasteiger partial charge in [0.15, 0.2) is 0 Å². The highest BCUT2D eigenvalue weighted by Crippen LogP contribution is 2.33. The molecule has 4 N–H and O–H groups in total. The predicted octanol–water partition coefficient (Wildman–Crippen LogP) is 3.37. The number of nitrogens with zero attached hydrogens (tertiary/aromatic N) is 2. The van der Waals surface area contributed by atoms with Crippen molar-refractivity contribution in [2.24, 2.45) is 5.84 Å². The summed E-state index contributed by atoms with van der Waals surface area (Å²) >= 11 is 9.22. The van der Waals surface area contributed by atoms with Crippen molar-refractivity contribution < 1.29 is 4.39 Å². The summed E-state index contributed by atoms with van der Waals surface area (Å²) in [4.78, 5) is 8.25. The molecule has 0 saturated heterocycles. The van der Waals surface area contributed by atoms with Gasteiger partial charge in [0.05, 0.1) is 10.7 Å². The molecule has 100 valence electrons. The topological polar surface area (TPSA) is 75.9 Å². The summed E-state index contributed by atoms with van der Waals surface area (Å²) in [5.74, 6) is 6.37. The van der Waals surface area contributed by atoms with Gasteiger partial charge in [-0.1, -0.05) is 11.6 Å². The van der Waals surface area contributed by atoms with Crippen LogP contribution in [0.3, 0.4) is 0 Å². The Morgan fingerprint density at radius 2 is 1.95 bits per heavy atom. The van der Waals surface area contributed by atoms with E-state index in [1.165, 1.54) is 12.1 Å². The van der Waals surface area contributed by atoms with Crippen molar-refractivity contribution in [1.82, 2.24) is 9.97 Å². The average Bonchev–Trinajstić information content (AvgIpc) is 2.33. The fourth-order valence-electron chi connectivity index (χ4n) is 1.50. The minimum atomic E-state index is -0.425. The zero-order valence-corrected chi connectivity index (χ0v) is 12.2. The highest BCUT2D eigenvalue weighted by molar-refractivity contribution is 9.10. The van der Waals surface area contributed by atoms with E-state index in [1.807, 2.05) is 0 Å². The van der Waals surface area contributed by atoms with Crippen molar-refractivity contribution in [2.75, 3.05) is 10.7 Å². The zero-order chi connectivity index (χ0) is 14.0. The van der Waals surface area contributed by atoms with E-state index in [0.717, 1.165) is 0 Å². The van der Waals surface area contributed by atoms with Crippen LogP contribution in [0.25, 0.3) is 0 Å². The first kappa shape index (κ1) is 14.0.